The molecule has 0 fully saturated rings. The molecule has 20 heavy (non-hydrogen) atoms. The monoisotopic (exact) mass is 268 g/mol. The third kappa shape index (κ3) is 2.64. The minimum absolute atomic E-state index is 0.0541. The number of hydrogen-bond acceptors (Lipinski definition) is 2. The van der Waals surface area contributed by atoms with Gasteiger partial charge >= 0.3 is 0 Å². The second-order valence-electron chi connectivity index (χ2n) is 5.34. The van der Waals surface area contributed by atoms with Crippen molar-refractivity contribution in [2.24, 2.45) is 0 Å². The summed E-state index contributed by atoms with van der Waals surface area (Å²) in [5.74, 6) is 0. The second kappa shape index (κ2) is 6.00. The van der Waals surface area contributed by atoms with E-state index in [4.69, 9.17) is 0 Å². The molecule has 2 aromatic carbocycles. The topological polar surface area (TPSA) is 24.1 Å². The molecule has 2 heteroatoms. The molecule has 2 aromatic rings. The fraction of sp³-hybridized carbons (Fsp3) is 0.333. The minimum Gasteiger partial charge on any atom is -0.388 e. The van der Waals surface area contributed by atoms with Crippen LogP contribution < -0.4 is 10.6 Å². The second-order valence-corrected chi connectivity index (χ2v) is 5.34. The molecule has 2 nitrogen and oxygen atoms in total. The first-order valence-electron chi connectivity index (χ1n) is 7.20. The van der Waals surface area contributed by atoms with E-state index in [-0.39, 0.29) is 5.41 Å². The predicted molar refractivity (Wildman–Crippen MR) is 88.7 cm³/mol. The summed E-state index contributed by atoms with van der Waals surface area (Å²) in [6.07, 6.45) is 1.07. The van der Waals surface area contributed by atoms with Gasteiger partial charge in [0.2, 0.25) is 0 Å². The van der Waals surface area contributed by atoms with Gasteiger partial charge in [-0.2, -0.15) is 0 Å². The van der Waals surface area contributed by atoms with Crippen LogP contribution >= 0.6 is 0 Å². The third-order valence-corrected chi connectivity index (χ3v) is 4.33. The molecule has 106 valence electrons. The predicted octanol–water partition coefficient (Wildman–Crippen LogP) is 4.49. The van der Waals surface area contributed by atoms with Gasteiger partial charge in [-0.3, -0.25) is 0 Å². The molecule has 0 aromatic heterocycles. The largest absolute Gasteiger partial charge is 0.388 e. The van der Waals surface area contributed by atoms with Gasteiger partial charge in [-0.05, 0) is 41.8 Å². The van der Waals surface area contributed by atoms with Crippen LogP contribution in [0.15, 0.2) is 48.5 Å². The fourth-order valence-electron chi connectivity index (χ4n) is 2.58. The summed E-state index contributed by atoms with van der Waals surface area (Å²) in [7, 11) is 3.90. The Bertz CT molecular complexity index is 493. The number of anilines is 2. The number of nitrogens with one attached hydrogen (secondary N) is 2. The number of rotatable bonds is 5. The molecule has 0 saturated heterocycles. The van der Waals surface area contributed by atoms with E-state index in [1.54, 1.807) is 0 Å². The molecule has 0 unspecified atom stereocenters. The molecule has 2 rings (SSSR count). The summed E-state index contributed by atoms with van der Waals surface area (Å²) in [5.41, 5.74) is 5.07. The standard InChI is InChI=1S/C18H24N2/c1-5-18(2,14-6-10-16(19-3)11-7-14)15-8-12-17(20-4)13-9-15/h6-13,19-20H,5H2,1-4H3. The Labute approximate surface area is 122 Å². The molecule has 0 aliphatic carbocycles. The van der Waals surface area contributed by atoms with Crippen LogP contribution in [0.1, 0.15) is 31.4 Å². The van der Waals surface area contributed by atoms with Crippen molar-refractivity contribution in [1.82, 2.24) is 0 Å². The van der Waals surface area contributed by atoms with E-state index in [9.17, 15) is 0 Å². The van der Waals surface area contributed by atoms with Crippen molar-refractivity contribution in [2.45, 2.75) is 25.7 Å². The highest BCUT2D eigenvalue weighted by Gasteiger charge is 2.26. The molecule has 0 saturated carbocycles. The first-order valence-corrected chi connectivity index (χ1v) is 7.20. The Morgan fingerprint density at radius 3 is 1.35 bits per heavy atom. The van der Waals surface area contributed by atoms with Crippen LogP contribution in [0, 0.1) is 0 Å². The Kier molecular flexibility index (Phi) is 4.33. The van der Waals surface area contributed by atoms with Crippen LogP contribution in [-0.2, 0) is 5.41 Å². The summed E-state index contributed by atoms with van der Waals surface area (Å²) >= 11 is 0. The average Bonchev–Trinajstić information content (AvgIpc) is 2.54. The van der Waals surface area contributed by atoms with Gasteiger partial charge in [0.05, 0.1) is 0 Å². The lowest BCUT2D eigenvalue weighted by Gasteiger charge is -2.30. The van der Waals surface area contributed by atoms with E-state index in [0.29, 0.717) is 0 Å². The molecule has 0 atom stereocenters. The van der Waals surface area contributed by atoms with Gasteiger partial charge in [0, 0.05) is 30.9 Å². The highest BCUT2D eigenvalue weighted by molar-refractivity contribution is 5.50. The molecule has 0 spiro atoms. The van der Waals surface area contributed by atoms with Gasteiger partial charge in [-0.15, -0.1) is 0 Å². The zero-order valence-corrected chi connectivity index (χ0v) is 12.8. The maximum Gasteiger partial charge on any atom is 0.0337 e. The maximum atomic E-state index is 3.17. The van der Waals surface area contributed by atoms with Gasteiger partial charge in [-0.25, -0.2) is 0 Å². The summed E-state index contributed by atoms with van der Waals surface area (Å²) in [4.78, 5) is 0. The smallest absolute Gasteiger partial charge is 0.0337 e. The van der Waals surface area contributed by atoms with Crippen LogP contribution in [0.25, 0.3) is 0 Å². The van der Waals surface area contributed by atoms with Crippen molar-refractivity contribution in [3.63, 3.8) is 0 Å². The Morgan fingerprint density at radius 2 is 1.10 bits per heavy atom. The quantitative estimate of drug-likeness (QED) is 0.835. The van der Waals surface area contributed by atoms with E-state index >= 15 is 0 Å². The summed E-state index contributed by atoms with van der Waals surface area (Å²) in [5, 5.41) is 6.34. The van der Waals surface area contributed by atoms with Crippen LogP contribution in [0.3, 0.4) is 0 Å². The van der Waals surface area contributed by atoms with E-state index in [1.165, 1.54) is 11.1 Å². The lowest BCUT2D eigenvalue weighted by Crippen LogP contribution is -2.22. The summed E-state index contributed by atoms with van der Waals surface area (Å²) in [6.45, 7) is 4.56. The lowest BCUT2D eigenvalue weighted by molar-refractivity contribution is 0.550. The highest BCUT2D eigenvalue weighted by Crippen LogP contribution is 2.36. The van der Waals surface area contributed by atoms with Gasteiger partial charge in [0.25, 0.3) is 0 Å². The Balaban J connectivity index is 2.39. The molecule has 0 amide bonds. The first kappa shape index (κ1) is 14.4. The molecule has 2 N–H and O–H groups in total. The van der Waals surface area contributed by atoms with Crippen molar-refractivity contribution in [2.75, 3.05) is 24.7 Å². The van der Waals surface area contributed by atoms with E-state index in [2.05, 4.69) is 73.0 Å². The van der Waals surface area contributed by atoms with Crippen molar-refractivity contribution in [1.29, 1.82) is 0 Å². The van der Waals surface area contributed by atoms with Crippen molar-refractivity contribution >= 4 is 11.4 Å². The zero-order chi connectivity index (χ0) is 14.6. The minimum atomic E-state index is 0.0541. The van der Waals surface area contributed by atoms with Gasteiger partial charge < -0.3 is 10.6 Å². The summed E-state index contributed by atoms with van der Waals surface area (Å²) in [6, 6.07) is 17.5. The molecule has 0 bridgehead atoms. The highest BCUT2D eigenvalue weighted by atomic mass is 14.8. The van der Waals surface area contributed by atoms with Crippen molar-refractivity contribution in [3.05, 3.63) is 59.7 Å². The van der Waals surface area contributed by atoms with Crippen LogP contribution in [0.5, 0.6) is 0 Å². The van der Waals surface area contributed by atoms with E-state index < -0.39 is 0 Å². The normalized spacial score (nSPS) is 11.2. The van der Waals surface area contributed by atoms with E-state index in [0.717, 1.165) is 17.8 Å². The summed E-state index contributed by atoms with van der Waals surface area (Å²) < 4.78 is 0. The van der Waals surface area contributed by atoms with Crippen molar-refractivity contribution in [3.8, 4) is 0 Å². The molecule has 0 radical (unpaired) electrons. The SMILES string of the molecule is CCC(C)(c1ccc(NC)cc1)c1ccc(NC)cc1. The first-order chi connectivity index (χ1) is 9.63. The Morgan fingerprint density at radius 1 is 0.750 bits per heavy atom. The molecular weight excluding hydrogens is 244 g/mol. The third-order valence-electron chi connectivity index (χ3n) is 4.33. The van der Waals surface area contributed by atoms with Gasteiger partial charge in [0.1, 0.15) is 0 Å². The van der Waals surface area contributed by atoms with Gasteiger partial charge in [-0.1, -0.05) is 38.1 Å². The molecule has 0 heterocycles. The number of benzene rings is 2. The molecule has 0 aliphatic heterocycles. The van der Waals surface area contributed by atoms with Crippen molar-refractivity contribution < 1.29 is 0 Å². The zero-order valence-electron chi connectivity index (χ0n) is 12.8. The maximum absolute atomic E-state index is 3.17. The fourth-order valence-corrected chi connectivity index (χ4v) is 2.58. The van der Waals surface area contributed by atoms with Gasteiger partial charge in [0.15, 0.2) is 0 Å². The Hall–Kier alpha value is -1.96. The van der Waals surface area contributed by atoms with Crippen LogP contribution in [0.2, 0.25) is 0 Å². The van der Waals surface area contributed by atoms with E-state index in [1.807, 2.05) is 14.1 Å². The van der Waals surface area contributed by atoms with Crippen LogP contribution in [0.4, 0.5) is 11.4 Å². The van der Waals surface area contributed by atoms with Crippen LogP contribution in [-0.4, -0.2) is 14.1 Å². The average molecular weight is 268 g/mol. The lowest BCUT2D eigenvalue weighted by atomic mass is 9.74. The molecular formula is C18H24N2. The molecule has 0 aliphatic rings. The number of hydrogen-bond donors (Lipinski definition) is 2.